The van der Waals surface area contributed by atoms with E-state index in [1.807, 2.05) is 0 Å². The van der Waals surface area contributed by atoms with Crippen molar-refractivity contribution in [2.75, 3.05) is 23.4 Å². The lowest BCUT2D eigenvalue weighted by Crippen LogP contribution is -2.71. The number of nitrogens with two attached hydrogens (primary N) is 1. The molecule has 6 N–H and O–H groups in total. The lowest BCUT2D eigenvalue weighted by atomic mass is 10.0. The molecule has 3 amide bonds. The summed E-state index contributed by atoms with van der Waals surface area (Å²) >= 11 is 2.01. The summed E-state index contributed by atoms with van der Waals surface area (Å²) in [7, 11) is 1.71. The fourth-order valence-electron chi connectivity index (χ4n) is 3.74. The van der Waals surface area contributed by atoms with Gasteiger partial charge in [0.15, 0.2) is 12.2 Å². The molecule has 2 aliphatic rings. The maximum absolute atomic E-state index is 13.0. The monoisotopic (exact) mass is 566 g/mol. The maximum Gasteiger partial charge on any atom is 0.352 e. The SMILES string of the molecule is C[n+]1cc(NC=O)cn1CC1=C(C(=O)O)N2C(=O)[C@@H](NC(=O)C(=NOCC(=O)O)c3nsc(N)n3)[C@H]2SC1. The minimum atomic E-state index is -1.34. The number of carbonyl (C=O) groups is 5. The number of rotatable bonds is 11. The van der Waals surface area contributed by atoms with E-state index in [9.17, 15) is 29.1 Å². The highest BCUT2D eigenvalue weighted by molar-refractivity contribution is 8.00. The van der Waals surface area contributed by atoms with Gasteiger partial charge in [-0.2, -0.15) is 14.0 Å². The minimum Gasteiger partial charge on any atom is -0.479 e. The van der Waals surface area contributed by atoms with E-state index >= 15 is 0 Å². The molecule has 19 heteroatoms. The number of β-lactam (4-membered cyclic amide) rings is 1. The number of nitrogens with one attached hydrogen (secondary N) is 2. The van der Waals surface area contributed by atoms with Crippen LogP contribution in [0.5, 0.6) is 0 Å². The third-order valence-corrected chi connectivity index (χ3v) is 7.23. The summed E-state index contributed by atoms with van der Waals surface area (Å²) in [6, 6.07) is -1.10. The van der Waals surface area contributed by atoms with Gasteiger partial charge in [0.2, 0.25) is 30.7 Å². The molecule has 0 unspecified atom stereocenters. The Hall–Kier alpha value is -4.52. The minimum absolute atomic E-state index is 0.0152. The maximum atomic E-state index is 13.0. The summed E-state index contributed by atoms with van der Waals surface area (Å²) in [5.74, 6) is -4.24. The highest BCUT2D eigenvalue weighted by Gasteiger charge is 2.54. The number of fused-ring (bicyclic) bond motifs is 1. The Morgan fingerprint density at radius 1 is 1.39 bits per heavy atom. The first kappa shape index (κ1) is 26.5. The van der Waals surface area contributed by atoms with E-state index in [4.69, 9.17) is 10.8 Å². The molecule has 17 nitrogen and oxygen atoms in total. The van der Waals surface area contributed by atoms with Crippen molar-refractivity contribution >= 4 is 70.0 Å². The molecular weight excluding hydrogens is 546 g/mol. The van der Waals surface area contributed by atoms with Crippen LogP contribution in [0.15, 0.2) is 28.8 Å². The van der Waals surface area contributed by atoms with Gasteiger partial charge in [0, 0.05) is 17.3 Å². The standard InChI is InChI=1S/C19H19N9O8S2/c1-26-3-9(21-7-29)4-27(26)2-8-6-37-17-12(16(33)28(17)13(8)18(34)35)22-15(32)11(24-36-5-10(30)31)14-23-19(20)38-25-14/h3-4,7,12,17H,2,5-6H2,1H3,(H5-,20,21,22,23,25,29,30,31,32,34,35)/p+1/t12-,17-/m1/s1. The summed E-state index contributed by atoms with van der Waals surface area (Å²) in [4.78, 5) is 69.1. The van der Waals surface area contributed by atoms with Gasteiger partial charge in [-0.3, -0.25) is 19.3 Å². The number of aliphatic carboxylic acids is 2. The first-order valence-corrected chi connectivity index (χ1v) is 12.4. The lowest BCUT2D eigenvalue weighted by Gasteiger charge is -2.49. The van der Waals surface area contributed by atoms with Gasteiger partial charge in [0.25, 0.3) is 11.8 Å². The van der Waals surface area contributed by atoms with Crippen LogP contribution in [0, 0.1) is 0 Å². The van der Waals surface area contributed by atoms with Crippen LogP contribution in [-0.2, 0) is 42.4 Å². The van der Waals surface area contributed by atoms with E-state index in [0.717, 1.165) is 16.4 Å². The predicted molar refractivity (Wildman–Crippen MR) is 129 cm³/mol. The molecular formula is C19H20N9O8S2+. The van der Waals surface area contributed by atoms with Crippen molar-refractivity contribution in [3.8, 4) is 0 Å². The van der Waals surface area contributed by atoms with Crippen LogP contribution >= 0.6 is 23.3 Å². The van der Waals surface area contributed by atoms with Crippen LogP contribution in [-0.4, -0.2) is 88.8 Å². The first-order valence-electron chi connectivity index (χ1n) is 10.6. The summed E-state index contributed by atoms with van der Waals surface area (Å²) in [5.41, 5.74) is 5.81. The van der Waals surface area contributed by atoms with E-state index in [-0.39, 0.29) is 29.0 Å². The zero-order valence-electron chi connectivity index (χ0n) is 19.4. The van der Waals surface area contributed by atoms with Crippen LogP contribution in [0.4, 0.5) is 10.8 Å². The molecule has 0 aromatic carbocycles. The van der Waals surface area contributed by atoms with Gasteiger partial charge in [0.1, 0.15) is 29.3 Å². The van der Waals surface area contributed by atoms with Crippen LogP contribution in [0.25, 0.3) is 0 Å². The molecule has 0 bridgehead atoms. The summed E-state index contributed by atoms with van der Waals surface area (Å²) in [6.07, 6.45) is 3.77. The van der Waals surface area contributed by atoms with Gasteiger partial charge in [-0.1, -0.05) is 5.16 Å². The topological polar surface area (TPSA) is 235 Å². The molecule has 2 aliphatic heterocycles. The van der Waals surface area contributed by atoms with Crippen LogP contribution in [0.1, 0.15) is 5.82 Å². The molecule has 38 heavy (non-hydrogen) atoms. The Kier molecular flexibility index (Phi) is 7.57. The van der Waals surface area contributed by atoms with Crippen molar-refractivity contribution in [1.82, 2.24) is 24.3 Å². The Bertz CT molecular complexity index is 1380. The first-order chi connectivity index (χ1) is 18.1. The zero-order chi connectivity index (χ0) is 27.6. The molecule has 4 rings (SSSR count). The molecule has 1 saturated heterocycles. The predicted octanol–water partition coefficient (Wildman–Crippen LogP) is -2.44. The molecule has 0 saturated carbocycles. The second-order valence-electron chi connectivity index (χ2n) is 7.83. The number of nitrogen functional groups attached to an aromatic ring is 1. The van der Waals surface area contributed by atoms with E-state index in [2.05, 4.69) is 30.0 Å². The van der Waals surface area contributed by atoms with Crippen molar-refractivity contribution in [3.63, 3.8) is 0 Å². The number of thioether (sulfide) groups is 1. The molecule has 0 radical (unpaired) electrons. The lowest BCUT2D eigenvalue weighted by molar-refractivity contribution is -0.752. The molecule has 2 atom stereocenters. The van der Waals surface area contributed by atoms with E-state index in [0.29, 0.717) is 17.7 Å². The number of aryl methyl sites for hydroxylation is 1. The number of hydrogen-bond acceptors (Lipinski definition) is 12. The fourth-order valence-corrected chi connectivity index (χ4v) is 5.51. The number of carboxylic acids is 2. The number of aromatic nitrogens is 4. The number of oxime groups is 1. The highest BCUT2D eigenvalue weighted by atomic mass is 32.2. The van der Waals surface area contributed by atoms with E-state index < -0.39 is 47.5 Å². The Labute approximate surface area is 221 Å². The zero-order valence-corrected chi connectivity index (χ0v) is 21.1. The molecule has 0 aliphatic carbocycles. The van der Waals surface area contributed by atoms with Gasteiger partial charge in [-0.05, 0) is 5.57 Å². The van der Waals surface area contributed by atoms with E-state index in [1.165, 1.54) is 11.8 Å². The molecule has 2 aromatic rings. The van der Waals surface area contributed by atoms with Gasteiger partial charge in [0.05, 0.1) is 6.20 Å². The number of anilines is 2. The number of amides is 3. The van der Waals surface area contributed by atoms with E-state index in [1.54, 1.807) is 28.8 Å². The number of hydrogen-bond donors (Lipinski definition) is 5. The van der Waals surface area contributed by atoms with Crippen molar-refractivity contribution in [1.29, 1.82) is 0 Å². The molecule has 200 valence electrons. The molecule has 0 spiro atoms. The van der Waals surface area contributed by atoms with Crippen LogP contribution < -0.4 is 21.0 Å². The third kappa shape index (κ3) is 5.27. The molecule has 1 fully saturated rings. The third-order valence-electron chi connectivity index (χ3n) is 5.35. The van der Waals surface area contributed by atoms with Crippen molar-refractivity contribution < 1.29 is 43.7 Å². The van der Waals surface area contributed by atoms with Crippen molar-refractivity contribution in [2.45, 2.75) is 18.0 Å². The fraction of sp³-hybridized carbons (Fsp3) is 0.316. The molecule has 4 heterocycles. The summed E-state index contributed by atoms with van der Waals surface area (Å²) < 4.78 is 7.19. The average Bonchev–Trinajstić information content (AvgIpc) is 3.44. The largest absolute Gasteiger partial charge is 0.479 e. The highest BCUT2D eigenvalue weighted by Crippen LogP contribution is 2.40. The number of nitrogens with zero attached hydrogens (tertiary/aromatic N) is 6. The van der Waals surface area contributed by atoms with Gasteiger partial charge >= 0.3 is 11.9 Å². The van der Waals surface area contributed by atoms with Crippen LogP contribution in [0.3, 0.4) is 0 Å². The van der Waals surface area contributed by atoms with Crippen molar-refractivity contribution in [3.05, 3.63) is 29.5 Å². The smallest absolute Gasteiger partial charge is 0.352 e. The van der Waals surface area contributed by atoms with Crippen LogP contribution in [0.2, 0.25) is 0 Å². The Balaban J connectivity index is 1.53. The van der Waals surface area contributed by atoms with Gasteiger partial charge < -0.3 is 31.4 Å². The quantitative estimate of drug-likeness (QED) is 0.0627. The van der Waals surface area contributed by atoms with Gasteiger partial charge in [-0.15, -0.1) is 16.4 Å². The van der Waals surface area contributed by atoms with Crippen molar-refractivity contribution in [2.24, 2.45) is 12.2 Å². The number of carbonyl (C=O) groups excluding carboxylic acids is 3. The summed E-state index contributed by atoms with van der Waals surface area (Å²) in [5, 5.41) is 26.4. The molecule has 2 aromatic heterocycles. The Morgan fingerprint density at radius 2 is 2.16 bits per heavy atom. The average molecular weight is 567 g/mol. The Morgan fingerprint density at radius 3 is 2.79 bits per heavy atom. The summed E-state index contributed by atoms with van der Waals surface area (Å²) in [6.45, 7) is -0.708. The second-order valence-corrected chi connectivity index (χ2v) is 9.72. The second kappa shape index (κ2) is 10.8. The number of carboxylic acid groups (broad SMARTS) is 2. The van der Waals surface area contributed by atoms with Gasteiger partial charge in [-0.25, -0.2) is 9.59 Å². The normalized spacial score (nSPS) is 18.9.